The molecule has 0 radical (unpaired) electrons. The Morgan fingerprint density at radius 2 is 2.11 bits per heavy atom. The number of aromatic carboxylic acids is 1. The maximum absolute atomic E-state index is 11.2. The van der Waals surface area contributed by atoms with Crippen molar-refractivity contribution >= 4 is 59.6 Å². The van der Waals surface area contributed by atoms with E-state index in [4.69, 9.17) is 5.11 Å². The molecule has 0 fully saturated rings. The Labute approximate surface area is 125 Å². The summed E-state index contributed by atoms with van der Waals surface area (Å²) in [7, 11) is 0. The maximum Gasteiger partial charge on any atom is 0.354 e. The summed E-state index contributed by atoms with van der Waals surface area (Å²) >= 11 is 6.95. The van der Waals surface area contributed by atoms with Crippen LogP contribution < -0.4 is 0 Å². The molecule has 1 aromatic carbocycles. The number of fused-ring (bicyclic) bond motifs is 3. The topological polar surface area (TPSA) is 66.0 Å². The lowest BCUT2D eigenvalue weighted by atomic mass is 10.1. The minimum atomic E-state index is -1.01. The van der Waals surface area contributed by atoms with Gasteiger partial charge in [-0.1, -0.05) is 15.9 Å². The lowest BCUT2D eigenvalue weighted by Crippen LogP contribution is -2.03. The van der Waals surface area contributed by atoms with Crippen molar-refractivity contribution < 1.29 is 9.90 Å². The second kappa shape index (κ2) is 4.31. The third-order valence-corrected chi connectivity index (χ3v) is 4.19. The van der Waals surface area contributed by atoms with Crippen molar-refractivity contribution in [2.45, 2.75) is 6.92 Å². The van der Waals surface area contributed by atoms with Crippen LogP contribution in [0.2, 0.25) is 0 Å². The molecule has 0 saturated heterocycles. The summed E-state index contributed by atoms with van der Waals surface area (Å²) in [5, 5.41) is 11.0. The third kappa shape index (κ3) is 1.86. The Bertz CT molecular complexity index is 840. The maximum atomic E-state index is 11.2. The van der Waals surface area contributed by atoms with Gasteiger partial charge in [0.2, 0.25) is 0 Å². The van der Waals surface area contributed by atoms with E-state index >= 15 is 0 Å². The van der Waals surface area contributed by atoms with Crippen LogP contribution >= 0.6 is 31.9 Å². The zero-order valence-corrected chi connectivity index (χ0v) is 13.0. The molecular formula is C13H8Br2N2O2. The first-order valence-electron chi connectivity index (χ1n) is 5.48. The molecule has 96 valence electrons. The van der Waals surface area contributed by atoms with Gasteiger partial charge < -0.3 is 10.1 Å². The van der Waals surface area contributed by atoms with E-state index in [1.54, 1.807) is 13.1 Å². The van der Waals surface area contributed by atoms with Crippen LogP contribution in [0.4, 0.5) is 0 Å². The van der Waals surface area contributed by atoms with Crippen molar-refractivity contribution in [3.63, 3.8) is 0 Å². The molecule has 4 nitrogen and oxygen atoms in total. The zero-order chi connectivity index (χ0) is 13.7. The molecule has 2 aromatic heterocycles. The highest BCUT2D eigenvalue weighted by Gasteiger charge is 2.16. The fourth-order valence-corrected chi connectivity index (χ4v) is 3.63. The van der Waals surface area contributed by atoms with Crippen molar-refractivity contribution in [1.82, 2.24) is 9.97 Å². The molecule has 3 aromatic rings. The molecule has 3 rings (SSSR count). The molecule has 0 aliphatic rings. The quantitative estimate of drug-likeness (QED) is 0.660. The van der Waals surface area contributed by atoms with Crippen molar-refractivity contribution in [1.29, 1.82) is 0 Å². The Morgan fingerprint density at radius 3 is 2.79 bits per heavy atom. The van der Waals surface area contributed by atoms with E-state index in [1.165, 1.54) is 0 Å². The monoisotopic (exact) mass is 382 g/mol. The van der Waals surface area contributed by atoms with E-state index in [2.05, 4.69) is 41.8 Å². The number of carbonyl (C=O) groups is 1. The Kier molecular flexibility index (Phi) is 2.87. The van der Waals surface area contributed by atoms with E-state index in [1.807, 2.05) is 12.1 Å². The minimum Gasteiger partial charge on any atom is -0.477 e. The first kappa shape index (κ1) is 12.6. The largest absolute Gasteiger partial charge is 0.477 e. The molecule has 0 spiro atoms. The molecule has 0 unspecified atom stereocenters. The highest BCUT2D eigenvalue weighted by atomic mass is 79.9. The molecule has 0 atom stereocenters. The van der Waals surface area contributed by atoms with Crippen LogP contribution in [-0.4, -0.2) is 21.0 Å². The fourth-order valence-electron chi connectivity index (χ4n) is 2.30. The number of carboxylic acid groups (broad SMARTS) is 1. The molecule has 2 N–H and O–H groups in total. The second-order valence-corrected chi connectivity index (χ2v) is 6.03. The molecule has 6 heteroatoms. The van der Waals surface area contributed by atoms with Crippen molar-refractivity contribution in [2.24, 2.45) is 0 Å². The number of rotatable bonds is 1. The van der Waals surface area contributed by atoms with Gasteiger partial charge in [-0.05, 0) is 40.5 Å². The number of hydrogen-bond acceptors (Lipinski definition) is 2. The fraction of sp³-hybridized carbons (Fsp3) is 0.0769. The van der Waals surface area contributed by atoms with E-state index in [-0.39, 0.29) is 5.69 Å². The summed E-state index contributed by atoms with van der Waals surface area (Å²) in [6.07, 6.45) is 1.56. The highest BCUT2D eigenvalue weighted by Crippen LogP contribution is 2.35. The molecule has 19 heavy (non-hydrogen) atoms. The number of aromatic amines is 1. The standard InChI is InChI=1S/C13H8Br2N2O2/c1-5-10-7-2-6(14)3-8(15)12(7)17-9(10)4-16-11(5)13(18)19/h2-4,17H,1H3,(H,18,19). The van der Waals surface area contributed by atoms with Gasteiger partial charge in [-0.15, -0.1) is 0 Å². The second-order valence-electron chi connectivity index (χ2n) is 4.26. The summed E-state index contributed by atoms with van der Waals surface area (Å²) in [5.74, 6) is -1.01. The van der Waals surface area contributed by atoms with Gasteiger partial charge in [-0.25, -0.2) is 9.78 Å². The number of carboxylic acids is 1. The van der Waals surface area contributed by atoms with Crippen molar-refractivity contribution in [3.05, 3.63) is 38.5 Å². The van der Waals surface area contributed by atoms with E-state index in [0.717, 1.165) is 30.8 Å². The van der Waals surface area contributed by atoms with Gasteiger partial charge in [0, 0.05) is 19.7 Å². The van der Waals surface area contributed by atoms with Crippen LogP contribution in [0.1, 0.15) is 16.1 Å². The number of benzene rings is 1. The van der Waals surface area contributed by atoms with Gasteiger partial charge in [0.25, 0.3) is 0 Å². The number of halogens is 2. The molecule has 0 aliphatic heterocycles. The van der Waals surface area contributed by atoms with E-state index < -0.39 is 5.97 Å². The zero-order valence-electron chi connectivity index (χ0n) is 9.79. The van der Waals surface area contributed by atoms with Gasteiger partial charge in [0.1, 0.15) is 0 Å². The number of aryl methyl sites for hydroxylation is 1. The SMILES string of the molecule is Cc1c(C(=O)O)ncc2[nH]c3c(Br)cc(Br)cc3c12. The van der Waals surface area contributed by atoms with E-state index in [9.17, 15) is 4.79 Å². The first-order chi connectivity index (χ1) is 8.99. The van der Waals surface area contributed by atoms with Crippen LogP contribution in [0.15, 0.2) is 27.3 Å². The van der Waals surface area contributed by atoms with E-state index in [0.29, 0.717) is 5.56 Å². The lowest BCUT2D eigenvalue weighted by molar-refractivity contribution is 0.0690. The molecule has 0 amide bonds. The summed E-state index contributed by atoms with van der Waals surface area (Å²) < 4.78 is 1.85. The van der Waals surface area contributed by atoms with Crippen LogP contribution in [-0.2, 0) is 0 Å². The molecule has 2 heterocycles. The van der Waals surface area contributed by atoms with Gasteiger partial charge in [-0.3, -0.25) is 0 Å². The summed E-state index contributed by atoms with van der Waals surface area (Å²) in [4.78, 5) is 18.4. The molecule has 0 bridgehead atoms. The van der Waals surface area contributed by atoms with Crippen molar-refractivity contribution in [3.8, 4) is 0 Å². The third-order valence-electron chi connectivity index (χ3n) is 3.11. The Morgan fingerprint density at radius 1 is 1.37 bits per heavy atom. The minimum absolute atomic E-state index is 0.0875. The first-order valence-corrected chi connectivity index (χ1v) is 7.07. The number of nitrogens with zero attached hydrogens (tertiary/aromatic N) is 1. The Balaban J connectivity index is 2.55. The number of H-pyrrole nitrogens is 1. The van der Waals surface area contributed by atoms with Crippen LogP contribution in [0, 0.1) is 6.92 Å². The van der Waals surface area contributed by atoms with Gasteiger partial charge >= 0.3 is 5.97 Å². The number of hydrogen-bond donors (Lipinski definition) is 2. The predicted octanol–water partition coefficient (Wildman–Crippen LogP) is 4.25. The normalized spacial score (nSPS) is 11.3. The molecule has 0 saturated carbocycles. The smallest absolute Gasteiger partial charge is 0.354 e. The van der Waals surface area contributed by atoms with Crippen LogP contribution in [0.3, 0.4) is 0 Å². The predicted molar refractivity (Wildman–Crippen MR) is 80.7 cm³/mol. The summed E-state index contributed by atoms with van der Waals surface area (Å²) in [6.45, 7) is 1.78. The lowest BCUT2D eigenvalue weighted by Gasteiger charge is -2.02. The average molecular weight is 384 g/mol. The van der Waals surface area contributed by atoms with Crippen LogP contribution in [0.25, 0.3) is 21.8 Å². The highest BCUT2D eigenvalue weighted by molar-refractivity contribution is 9.11. The van der Waals surface area contributed by atoms with Gasteiger partial charge in [0.15, 0.2) is 5.69 Å². The summed E-state index contributed by atoms with van der Waals surface area (Å²) in [5.41, 5.74) is 2.52. The van der Waals surface area contributed by atoms with Gasteiger partial charge in [-0.2, -0.15) is 0 Å². The molecule has 0 aliphatic carbocycles. The Hall–Kier alpha value is -1.40. The average Bonchev–Trinajstić information content (AvgIpc) is 2.68. The number of pyridine rings is 1. The van der Waals surface area contributed by atoms with Crippen LogP contribution in [0.5, 0.6) is 0 Å². The number of aromatic nitrogens is 2. The van der Waals surface area contributed by atoms with Crippen molar-refractivity contribution in [2.75, 3.05) is 0 Å². The van der Waals surface area contributed by atoms with Gasteiger partial charge in [0.05, 0.1) is 17.2 Å². The number of nitrogens with one attached hydrogen (secondary N) is 1. The summed E-state index contributed by atoms with van der Waals surface area (Å²) in [6, 6.07) is 3.91. The molecular weight excluding hydrogens is 376 g/mol.